The van der Waals surface area contributed by atoms with Crippen LogP contribution in [-0.2, 0) is 9.59 Å². The van der Waals surface area contributed by atoms with E-state index in [4.69, 9.17) is 5.11 Å². The van der Waals surface area contributed by atoms with Crippen LogP contribution in [0.4, 0.5) is 4.79 Å². The Morgan fingerprint density at radius 3 is 2.07 bits per heavy atom. The number of carbonyl (C=O) groups excluding carboxylic acids is 1. The Balaban J connectivity index is 4.20. The molecule has 0 unspecified atom stereocenters. The van der Waals surface area contributed by atoms with Crippen molar-refractivity contribution < 1.29 is 24.6 Å². The molecule has 8 heteroatoms. The Kier molecular flexibility index (Phi) is 14.5. The van der Waals surface area contributed by atoms with Crippen molar-refractivity contribution >= 4 is 29.7 Å². The van der Waals surface area contributed by atoms with Gasteiger partial charge in [-0.15, -0.1) is 0 Å². The molecule has 1 atom stereocenters. The van der Waals surface area contributed by atoms with Crippen LogP contribution in [0.15, 0.2) is 34.9 Å². The number of nitrogens with one attached hydrogen (secondary N) is 2. The van der Waals surface area contributed by atoms with Crippen molar-refractivity contribution in [3.63, 3.8) is 0 Å². The summed E-state index contributed by atoms with van der Waals surface area (Å²) in [4.78, 5) is 33.1. The van der Waals surface area contributed by atoms with Crippen molar-refractivity contribution in [3.05, 3.63) is 34.9 Å². The third-order valence-electron chi connectivity index (χ3n) is 3.96. The first-order chi connectivity index (χ1) is 13.6. The highest BCUT2D eigenvalue weighted by molar-refractivity contribution is 7.99. The monoisotopic (exact) mass is 426 g/mol. The summed E-state index contributed by atoms with van der Waals surface area (Å²) >= 11 is 1.40. The zero-order chi connectivity index (χ0) is 22.2. The number of rotatable bonds is 14. The molecule has 0 aromatic rings. The zero-order valence-electron chi connectivity index (χ0n) is 17.8. The summed E-state index contributed by atoms with van der Waals surface area (Å²) in [5.41, 5.74) is 3.97. The zero-order valence-corrected chi connectivity index (χ0v) is 18.6. The number of amides is 2. The second kappa shape index (κ2) is 15.7. The first-order valence-corrected chi connectivity index (χ1v) is 10.8. The molecule has 29 heavy (non-hydrogen) atoms. The summed E-state index contributed by atoms with van der Waals surface area (Å²) in [6.07, 6.45) is 10.7. The van der Waals surface area contributed by atoms with Crippen molar-refractivity contribution in [2.24, 2.45) is 0 Å². The Hall–Kier alpha value is -2.22. The van der Waals surface area contributed by atoms with Gasteiger partial charge in [0, 0.05) is 11.5 Å². The summed E-state index contributed by atoms with van der Waals surface area (Å²) in [5.74, 6) is -1.50. The van der Waals surface area contributed by atoms with Gasteiger partial charge in [0.1, 0.15) is 12.6 Å². The minimum atomic E-state index is -1.19. The Bertz CT molecular complexity index is 637. The predicted molar refractivity (Wildman–Crippen MR) is 118 cm³/mol. The molecular formula is C21H34N2O5S. The van der Waals surface area contributed by atoms with E-state index in [1.54, 1.807) is 0 Å². The van der Waals surface area contributed by atoms with Gasteiger partial charge in [-0.25, -0.2) is 9.59 Å². The van der Waals surface area contributed by atoms with E-state index in [2.05, 4.69) is 56.6 Å². The lowest BCUT2D eigenvalue weighted by Gasteiger charge is -2.14. The van der Waals surface area contributed by atoms with Crippen LogP contribution < -0.4 is 10.6 Å². The third kappa shape index (κ3) is 16.4. The molecule has 164 valence electrons. The van der Waals surface area contributed by atoms with E-state index >= 15 is 0 Å². The van der Waals surface area contributed by atoms with Crippen LogP contribution in [0.2, 0.25) is 0 Å². The molecule has 0 heterocycles. The summed E-state index contributed by atoms with van der Waals surface area (Å²) in [6, 6.07) is -1.88. The third-order valence-corrected chi connectivity index (χ3v) is 4.93. The maximum Gasteiger partial charge on any atom is 0.327 e. The Morgan fingerprint density at radius 2 is 1.52 bits per heavy atom. The van der Waals surface area contributed by atoms with Crippen LogP contribution in [0.25, 0.3) is 0 Å². The number of hydrogen-bond donors (Lipinski definition) is 4. The molecule has 0 fully saturated rings. The lowest BCUT2D eigenvalue weighted by molar-refractivity contribution is -0.138. The van der Waals surface area contributed by atoms with E-state index in [0.29, 0.717) is 5.75 Å². The highest BCUT2D eigenvalue weighted by Gasteiger charge is 2.19. The highest BCUT2D eigenvalue weighted by Crippen LogP contribution is 2.13. The van der Waals surface area contributed by atoms with Crippen LogP contribution in [0, 0.1) is 0 Å². The van der Waals surface area contributed by atoms with Crippen molar-refractivity contribution in [3.8, 4) is 0 Å². The van der Waals surface area contributed by atoms with Gasteiger partial charge in [0.05, 0.1) is 0 Å². The minimum absolute atomic E-state index is 0.197. The number of thioether (sulfide) groups is 1. The van der Waals surface area contributed by atoms with Crippen molar-refractivity contribution in [1.82, 2.24) is 10.6 Å². The number of hydrogen-bond acceptors (Lipinski definition) is 4. The standard InChI is InChI=1S/C21H34N2O5S/c1-15(2)7-5-8-16(3)9-6-10-17(4)11-12-29-14-18(20(26)27)23-21(28)22-13-19(24)25/h7,9,11,18H,5-6,8,10,12-14H2,1-4H3,(H,24,25)(H,26,27)(H2,22,23,28)/b16-9+,17-11+/t18-/m0/s1. The molecule has 4 N–H and O–H groups in total. The summed E-state index contributed by atoms with van der Waals surface area (Å²) in [6.45, 7) is 7.86. The lowest BCUT2D eigenvalue weighted by Crippen LogP contribution is -2.48. The maximum atomic E-state index is 11.5. The Labute approximate surface area is 177 Å². The van der Waals surface area contributed by atoms with Crippen molar-refractivity contribution in [2.75, 3.05) is 18.1 Å². The molecule has 0 aromatic heterocycles. The first kappa shape index (κ1) is 26.8. The van der Waals surface area contributed by atoms with Crippen molar-refractivity contribution in [1.29, 1.82) is 0 Å². The summed E-state index contributed by atoms with van der Waals surface area (Å²) < 4.78 is 0. The van der Waals surface area contributed by atoms with E-state index in [1.807, 2.05) is 0 Å². The van der Waals surface area contributed by atoms with Gasteiger partial charge in [-0.2, -0.15) is 11.8 Å². The molecule has 0 aliphatic heterocycles. The summed E-state index contributed by atoms with van der Waals surface area (Å²) in [5, 5.41) is 22.0. The normalized spacial score (nSPS) is 12.8. The van der Waals surface area contributed by atoms with Crippen LogP contribution in [-0.4, -0.2) is 52.3 Å². The van der Waals surface area contributed by atoms with Crippen LogP contribution in [0.3, 0.4) is 0 Å². The molecule has 0 saturated heterocycles. The number of carboxylic acids is 2. The van der Waals surface area contributed by atoms with Gasteiger partial charge >= 0.3 is 18.0 Å². The van der Waals surface area contributed by atoms with Crippen molar-refractivity contribution in [2.45, 2.75) is 59.4 Å². The quantitative estimate of drug-likeness (QED) is 0.247. The molecule has 0 aromatic carbocycles. The first-order valence-electron chi connectivity index (χ1n) is 9.63. The number of carbonyl (C=O) groups is 3. The van der Waals surface area contributed by atoms with Gasteiger partial charge in [0.2, 0.25) is 0 Å². The molecule has 0 spiro atoms. The molecule has 0 saturated carbocycles. The fourth-order valence-corrected chi connectivity index (χ4v) is 3.27. The van der Waals surface area contributed by atoms with Crippen LogP contribution in [0.5, 0.6) is 0 Å². The van der Waals surface area contributed by atoms with E-state index in [-0.39, 0.29) is 5.75 Å². The smallest absolute Gasteiger partial charge is 0.327 e. The fourth-order valence-electron chi connectivity index (χ4n) is 2.27. The average molecular weight is 427 g/mol. The summed E-state index contributed by atoms with van der Waals surface area (Å²) in [7, 11) is 0. The molecule has 2 amide bonds. The van der Waals surface area contributed by atoms with Crippen LogP contribution >= 0.6 is 11.8 Å². The SMILES string of the molecule is CC(C)=CCC/C(C)=C/CC/C(C)=C/CSC[C@H](NC(=O)NCC(=O)O)C(=O)O. The van der Waals surface area contributed by atoms with E-state index in [0.717, 1.165) is 25.7 Å². The molecular weight excluding hydrogens is 392 g/mol. The molecule has 0 bridgehead atoms. The number of allylic oxidation sites excluding steroid dienone is 5. The topological polar surface area (TPSA) is 116 Å². The maximum absolute atomic E-state index is 11.5. The van der Waals surface area contributed by atoms with Gasteiger partial charge in [-0.1, -0.05) is 34.9 Å². The predicted octanol–water partition coefficient (Wildman–Crippen LogP) is 3.98. The van der Waals surface area contributed by atoms with Gasteiger partial charge in [-0.3, -0.25) is 4.79 Å². The fraction of sp³-hybridized carbons (Fsp3) is 0.571. The van der Waals surface area contributed by atoms with Gasteiger partial charge < -0.3 is 20.8 Å². The van der Waals surface area contributed by atoms with E-state index in [9.17, 15) is 19.5 Å². The largest absolute Gasteiger partial charge is 0.480 e. The lowest BCUT2D eigenvalue weighted by atomic mass is 10.1. The second-order valence-electron chi connectivity index (χ2n) is 7.11. The molecule has 0 aliphatic rings. The number of carboxylic acid groups (broad SMARTS) is 2. The highest BCUT2D eigenvalue weighted by atomic mass is 32.2. The average Bonchev–Trinajstić information content (AvgIpc) is 2.61. The molecule has 0 radical (unpaired) electrons. The number of urea groups is 1. The van der Waals surface area contributed by atoms with Gasteiger partial charge in [0.25, 0.3) is 0 Å². The number of aliphatic carboxylic acids is 2. The minimum Gasteiger partial charge on any atom is -0.480 e. The van der Waals surface area contributed by atoms with E-state index in [1.165, 1.54) is 28.5 Å². The van der Waals surface area contributed by atoms with E-state index < -0.39 is 30.6 Å². The van der Waals surface area contributed by atoms with Crippen LogP contribution in [0.1, 0.15) is 53.4 Å². The molecule has 0 aliphatic carbocycles. The van der Waals surface area contributed by atoms with Gasteiger partial charge in [-0.05, 0) is 53.4 Å². The molecule has 7 nitrogen and oxygen atoms in total. The molecule has 0 rings (SSSR count). The van der Waals surface area contributed by atoms with Gasteiger partial charge in [0.15, 0.2) is 0 Å². The Morgan fingerprint density at radius 1 is 0.931 bits per heavy atom. The second-order valence-corrected chi connectivity index (χ2v) is 8.18.